The van der Waals surface area contributed by atoms with Gasteiger partial charge in [-0.15, -0.1) is 11.8 Å². The lowest BCUT2D eigenvalue weighted by molar-refractivity contribution is -0.120. The first-order valence-electron chi connectivity index (χ1n) is 7.27. The number of benzene rings is 2. The van der Waals surface area contributed by atoms with Crippen LogP contribution in [0.4, 0.5) is 0 Å². The van der Waals surface area contributed by atoms with Gasteiger partial charge in [0.15, 0.2) is 0 Å². The van der Waals surface area contributed by atoms with Crippen LogP contribution in [0.3, 0.4) is 0 Å². The normalized spacial score (nSPS) is 10.3. The molecule has 1 amide bonds. The van der Waals surface area contributed by atoms with Crippen molar-refractivity contribution in [2.45, 2.75) is 24.8 Å². The van der Waals surface area contributed by atoms with Gasteiger partial charge in [-0.3, -0.25) is 4.79 Å². The Balaban J connectivity index is 1.70. The van der Waals surface area contributed by atoms with Crippen molar-refractivity contribution in [3.63, 3.8) is 0 Å². The molecule has 0 saturated heterocycles. The van der Waals surface area contributed by atoms with E-state index in [1.54, 1.807) is 18.9 Å². The molecule has 0 aliphatic heterocycles. The maximum absolute atomic E-state index is 11.9. The highest BCUT2D eigenvalue weighted by Crippen LogP contribution is 2.21. The van der Waals surface area contributed by atoms with E-state index in [4.69, 9.17) is 4.74 Å². The van der Waals surface area contributed by atoms with Gasteiger partial charge in [0.05, 0.1) is 7.11 Å². The number of aryl methyl sites for hydroxylation is 1. The van der Waals surface area contributed by atoms with E-state index >= 15 is 0 Å². The lowest BCUT2D eigenvalue weighted by Crippen LogP contribution is -2.23. The Morgan fingerprint density at radius 2 is 1.86 bits per heavy atom. The van der Waals surface area contributed by atoms with Crippen molar-refractivity contribution in [3.05, 3.63) is 59.7 Å². The van der Waals surface area contributed by atoms with Crippen molar-refractivity contribution in [2.24, 2.45) is 0 Å². The van der Waals surface area contributed by atoms with Crippen LogP contribution in [0.25, 0.3) is 0 Å². The second-order valence-electron chi connectivity index (χ2n) is 4.98. The van der Waals surface area contributed by atoms with E-state index in [0.29, 0.717) is 13.0 Å². The third-order valence-corrected chi connectivity index (χ3v) is 4.41. The topological polar surface area (TPSA) is 38.3 Å². The molecule has 2 aromatic carbocycles. The van der Waals surface area contributed by atoms with E-state index in [9.17, 15) is 4.79 Å². The minimum atomic E-state index is 0.0873. The summed E-state index contributed by atoms with van der Waals surface area (Å²) in [5, 5.41) is 2.97. The van der Waals surface area contributed by atoms with Gasteiger partial charge >= 0.3 is 0 Å². The number of thioether (sulfide) groups is 1. The standard InChI is InChI=1S/C18H21NO2S/c1-14-5-3-4-6-15(14)13-19-18(20)11-12-22-17-9-7-16(21-2)8-10-17/h3-10H,11-13H2,1-2H3,(H,19,20). The smallest absolute Gasteiger partial charge is 0.221 e. The summed E-state index contributed by atoms with van der Waals surface area (Å²) < 4.78 is 5.12. The van der Waals surface area contributed by atoms with Crippen molar-refractivity contribution in [1.82, 2.24) is 5.32 Å². The van der Waals surface area contributed by atoms with Crippen molar-refractivity contribution in [3.8, 4) is 5.75 Å². The van der Waals surface area contributed by atoms with Gasteiger partial charge in [-0.2, -0.15) is 0 Å². The van der Waals surface area contributed by atoms with Crippen LogP contribution in [0.1, 0.15) is 17.5 Å². The van der Waals surface area contributed by atoms with Gasteiger partial charge in [-0.05, 0) is 42.3 Å². The number of nitrogens with one attached hydrogen (secondary N) is 1. The van der Waals surface area contributed by atoms with Crippen LogP contribution < -0.4 is 10.1 Å². The quantitative estimate of drug-likeness (QED) is 0.790. The Morgan fingerprint density at radius 3 is 2.55 bits per heavy atom. The number of amides is 1. The van der Waals surface area contributed by atoms with Crippen LogP contribution in [0, 0.1) is 6.92 Å². The number of hydrogen-bond donors (Lipinski definition) is 1. The molecule has 0 unspecified atom stereocenters. The van der Waals surface area contributed by atoms with Crippen LogP contribution in [0.15, 0.2) is 53.4 Å². The molecule has 0 spiro atoms. The average Bonchev–Trinajstić information content (AvgIpc) is 2.55. The molecule has 2 aromatic rings. The van der Waals surface area contributed by atoms with Crippen molar-refractivity contribution >= 4 is 17.7 Å². The van der Waals surface area contributed by atoms with Gasteiger partial charge < -0.3 is 10.1 Å². The third kappa shape index (κ3) is 5.11. The molecule has 4 heteroatoms. The molecule has 0 radical (unpaired) electrons. The van der Waals surface area contributed by atoms with Crippen molar-refractivity contribution in [1.29, 1.82) is 0 Å². The molecule has 22 heavy (non-hydrogen) atoms. The number of rotatable bonds is 7. The Bertz CT molecular complexity index is 611. The van der Waals surface area contributed by atoms with Crippen LogP contribution >= 0.6 is 11.8 Å². The van der Waals surface area contributed by atoms with Gasteiger partial charge in [-0.25, -0.2) is 0 Å². The number of ether oxygens (including phenoxy) is 1. The van der Waals surface area contributed by atoms with Gasteiger partial charge in [-0.1, -0.05) is 24.3 Å². The number of carbonyl (C=O) groups is 1. The van der Waals surface area contributed by atoms with Crippen molar-refractivity contribution in [2.75, 3.05) is 12.9 Å². The highest BCUT2D eigenvalue weighted by molar-refractivity contribution is 7.99. The fourth-order valence-corrected chi connectivity index (χ4v) is 2.88. The number of methoxy groups -OCH3 is 1. The van der Waals surface area contributed by atoms with E-state index in [1.807, 2.05) is 42.5 Å². The monoisotopic (exact) mass is 315 g/mol. The lowest BCUT2D eigenvalue weighted by Gasteiger charge is -2.08. The van der Waals surface area contributed by atoms with E-state index in [2.05, 4.69) is 18.3 Å². The largest absolute Gasteiger partial charge is 0.497 e. The number of hydrogen-bond acceptors (Lipinski definition) is 3. The van der Waals surface area contributed by atoms with Crippen LogP contribution in [0.2, 0.25) is 0 Å². The summed E-state index contributed by atoms with van der Waals surface area (Å²) in [6, 6.07) is 16.0. The van der Waals surface area contributed by atoms with E-state index in [0.717, 1.165) is 16.4 Å². The SMILES string of the molecule is COc1ccc(SCCC(=O)NCc2ccccc2C)cc1. The Morgan fingerprint density at radius 1 is 1.14 bits per heavy atom. The highest BCUT2D eigenvalue weighted by Gasteiger charge is 2.03. The molecule has 0 atom stereocenters. The summed E-state index contributed by atoms with van der Waals surface area (Å²) in [4.78, 5) is 13.0. The summed E-state index contributed by atoms with van der Waals surface area (Å²) in [7, 11) is 1.65. The van der Waals surface area contributed by atoms with Gasteiger partial charge in [0.25, 0.3) is 0 Å². The zero-order valence-corrected chi connectivity index (χ0v) is 13.8. The highest BCUT2D eigenvalue weighted by atomic mass is 32.2. The summed E-state index contributed by atoms with van der Waals surface area (Å²) >= 11 is 1.68. The molecule has 0 aromatic heterocycles. The van der Waals surface area contributed by atoms with E-state index in [-0.39, 0.29) is 5.91 Å². The first-order chi connectivity index (χ1) is 10.7. The summed E-state index contributed by atoms with van der Waals surface area (Å²) in [6.07, 6.45) is 0.516. The second kappa shape index (κ2) is 8.49. The fourth-order valence-electron chi connectivity index (χ4n) is 2.02. The van der Waals surface area contributed by atoms with E-state index in [1.165, 1.54) is 11.1 Å². The summed E-state index contributed by atoms with van der Waals surface area (Å²) in [6.45, 7) is 2.65. The van der Waals surface area contributed by atoms with Crippen LogP contribution in [-0.4, -0.2) is 18.8 Å². The summed E-state index contributed by atoms with van der Waals surface area (Å²) in [5.74, 6) is 1.70. The lowest BCUT2D eigenvalue weighted by atomic mass is 10.1. The van der Waals surface area contributed by atoms with E-state index < -0.39 is 0 Å². The molecule has 0 aliphatic rings. The van der Waals surface area contributed by atoms with Gasteiger partial charge in [0, 0.05) is 23.6 Å². The minimum Gasteiger partial charge on any atom is -0.497 e. The first kappa shape index (κ1) is 16.4. The molecule has 0 saturated carbocycles. The predicted molar refractivity (Wildman–Crippen MR) is 91.4 cm³/mol. The third-order valence-electron chi connectivity index (χ3n) is 3.39. The van der Waals surface area contributed by atoms with Gasteiger partial charge in [0.1, 0.15) is 5.75 Å². The molecule has 2 rings (SSSR count). The maximum Gasteiger partial charge on any atom is 0.221 e. The van der Waals surface area contributed by atoms with Crippen LogP contribution in [0.5, 0.6) is 5.75 Å². The second-order valence-corrected chi connectivity index (χ2v) is 6.15. The number of carbonyl (C=O) groups excluding carboxylic acids is 1. The molecule has 0 bridgehead atoms. The van der Waals surface area contributed by atoms with Crippen LogP contribution in [-0.2, 0) is 11.3 Å². The molecule has 1 N–H and O–H groups in total. The molecule has 116 valence electrons. The maximum atomic E-state index is 11.9. The molecular weight excluding hydrogens is 294 g/mol. The van der Waals surface area contributed by atoms with Crippen molar-refractivity contribution < 1.29 is 9.53 Å². The molecule has 0 aliphatic carbocycles. The predicted octanol–water partition coefficient (Wildman–Crippen LogP) is 3.80. The fraction of sp³-hybridized carbons (Fsp3) is 0.278. The minimum absolute atomic E-state index is 0.0873. The zero-order valence-electron chi connectivity index (χ0n) is 13.0. The molecule has 3 nitrogen and oxygen atoms in total. The molecule has 0 heterocycles. The first-order valence-corrected chi connectivity index (χ1v) is 8.25. The Kier molecular flexibility index (Phi) is 6.34. The molecule has 0 fully saturated rings. The Labute approximate surface area is 136 Å². The molecular formula is C18H21NO2S. The zero-order chi connectivity index (χ0) is 15.8. The Hall–Kier alpha value is -1.94. The average molecular weight is 315 g/mol. The summed E-state index contributed by atoms with van der Waals surface area (Å²) in [5.41, 5.74) is 2.37. The van der Waals surface area contributed by atoms with Gasteiger partial charge in [0.2, 0.25) is 5.91 Å².